The summed E-state index contributed by atoms with van der Waals surface area (Å²) in [4.78, 5) is 28.4. The van der Waals surface area contributed by atoms with Crippen LogP contribution in [-0.4, -0.2) is 52.5 Å². The predicted octanol–water partition coefficient (Wildman–Crippen LogP) is 3.69. The Morgan fingerprint density at radius 3 is 2.28 bits per heavy atom. The van der Waals surface area contributed by atoms with E-state index in [1.807, 2.05) is 47.4 Å². The van der Waals surface area contributed by atoms with E-state index < -0.39 is 0 Å². The summed E-state index contributed by atoms with van der Waals surface area (Å²) in [6, 6.07) is 15.0. The quantitative estimate of drug-likeness (QED) is 0.618. The van der Waals surface area contributed by atoms with E-state index in [-0.39, 0.29) is 11.7 Å². The molecule has 1 saturated heterocycles. The lowest BCUT2D eigenvalue weighted by atomic mass is 10.1. The zero-order valence-electron chi connectivity index (χ0n) is 16.1. The van der Waals surface area contributed by atoms with Crippen molar-refractivity contribution in [1.82, 2.24) is 14.7 Å². The minimum atomic E-state index is -0.0325. The number of rotatable bonds is 4. The van der Waals surface area contributed by atoms with Crippen molar-refractivity contribution in [2.24, 2.45) is 0 Å². The third kappa shape index (κ3) is 4.03. The van der Waals surface area contributed by atoms with Gasteiger partial charge in [0.1, 0.15) is 0 Å². The number of amides is 1. The predicted molar refractivity (Wildman–Crippen MR) is 113 cm³/mol. The van der Waals surface area contributed by atoms with Gasteiger partial charge < -0.3 is 9.80 Å². The molecule has 0 spiro atoms. The number of benzene rings is 2. The first-order chi connectivity index (χ1) is 14.0. The van der Waals surface area contributed by atoms with Gasteiger partial charge in [0.2, 0.25) is 0 Å². The number of hydrogen-bond donors (Lipinski definition) is 0. The smallest absolute Gasteiger partial charge is 0.257 e. The number of hydrogen-bond acceptors (Lipinski definition) is 4. The van der Waals surface area contributed by atoms with E-state index in [0.717, 1.165) is 24.5 Å². The zero-order valence-corrected chi connectivity index (χ0v) is 16.8. The van der Waals surface area contributed by atoms with E-state index in [0.29, 0.717) is 29.2 Å². The summed E-state index contributed by atoms with van der Waals surface area (Å²) in [7, 11) is 0. The number of Topliss-reactive ketones (excluding diaryl/α,β-unsaturated/α-hetero) is 1. The van der Waals surface area contributed by atoms with E-state index in [1.165, 1.54) is 0 Å². The summed E-state index contributed by atoms with van der Waals surface area (Å²) in [5.74, 6) is 0.0270. The summed E-state index contributed by atoms with van der Waals surface area (Å²) in [6.07, 6.45) is 3.30. The van der Waals surface area contributed by atoms with Crippen LogP contribution in [0.3, 0.4) is 0 Å². The van der Waals surface area contributed by atoms with Gasteiger partial charge in [-0.3, -0.25) is 9.59 Å². The van der Waals surface area contributed by atoms with Gasteiger partial charge in [0.05, 0.1) is 22.5 Å². The van der Waals surface area contributed by atoms with E-state index in [1.54, 1.807) is 30.1 Å². The second-order valence-corrected chi connectivity index (χ2v) is 7.41. The Balaban J connectivity index is 1.40. The van der Waals surface area contributed by atoms with Gasteiger partial charge >= 0.3 is 0 Å². The standard InChI is InChI=1S/C22H21ClN4O2/c1-16(28)17-6-8-19(9-7-17)25-10-12-26(13-11-25)22(29)18-14-24-27(15-18)21-5-3-2-4-20(21)23/h2-9,14-15H,10-13H2,1H3. The fraction of sp³-hybridized carbons (Fsp3) is 0.227. The van der Waals surface area contributed by atoms with Gasteiger partial charge in [0, 0.05) is 43.6 Å². The minimum absolute atomic E-state index is 0.0325. The molecular formula is C22H21ClN4O2. The van der Waals surface area contributed by atoms with Crippen molar-refractivity contribution in [1.29, 1.82) is 0 Å². The highest BCUT2D eigenvalue weighted by Crippen LogP contribution is 2.21. The molecule has 4 rings (SSSR count). The van der Waals surface area contributed by atoms with Crippen LogP contribution in [-0.2, 0) is 0 Å². The number of anilines is 1. The van der Waals surface area contributed by atoms with Crippen LogP contribution in [0.5, 0.6) is 0 Å². The number of halogens is 1. The molecule has 0 unspecified atom stereocenters. The molecule has 148 valence electrons. The number of piperazine rings is 1. The molecule has 29 heavy (non-hydrogen) atoms. The molecule has 3 aromatic rings. The van der Waals surface area contributed by atoms with Crippen molar-refractivity contribution < 1.29 is 9.59 Å². The number of carbonyl (C=O) groups is 2. The van der Waals surface area contributed by atoms with Crippen molar-refractivity contribution in [2.45, 2.75) is 6.92 Å². The lowest BCUT2D eigenvalue weighted by Gasteiger charge is -2.36. The van der Waals surface area contributed by atoms with Crippen LogP contribution in [0.1, 0.15) is 27.6 Å². The Morgan fingerprint density at radius 2 is 1.62 bits per heavy atom. The molecular weight excluding hydrogens is 388 g/mol. The van der Waals surface area contributed by atoms with Crippen LogP contribution < -0.4 is 4.90 Å². The third-order valence-electron chi connectivity index (χ3n) is 5.13. The van der Waals surface area contributed by atoms with Crippen molar-refractivity contribution in [3.05, 3.63) is 77.1 Å². The minimum Gasteiger partial charge on any atom is -0.368 e. The molecule has 0 bridgehead atoms. The van der Waals surface area contributed by atoms with Crippen LogP contribution in [0, 0.1) is 0 Å². The Kier molecular flexibility index (Phi) is 5.36. The molecule has 0 aliphatic carbocycles. The van der Waals surface area contributed by atoms with Gasteiger partial charge in [-0.1, -0.05) is 23.7 Å². The Bertz CT molecular complexity index is 1040. The maximum absolute atomic E-state index is 12.9. The number of para-hydroxylation sites is 1. The first kappa shape index (κ1) is 19.2. The molecule has 0 atom stereocenters. The topological polar surface area (TPSA) is 58.4 Å². The molecule has 0 saturated carbocycles. The highest BCUT2D eigenvalue weighted by molar-refractivity contribution is 6.32. The molecule has 2 heterocycles. The van der Waals surface area contributed by atoms with Gasteiger partial charge in [0.15, 0.2) is 5.78 Å². The second-order valence-electron chi connectivity index (χ2n) is 7.01. The molecule has 1 aromatic heterocycles. The van der Waals surface area contributed by atoms with E-state index >= 15 is 0 Å². The number of carbonyl (C=O) groups excluding carboxylic acids is 2. The Hall–Kier alpha value is -3.12. The average Bonchev–Trinajstić information content (AvgIpc) is 3.24. The molecule has 1 fully saturated rings. The van der Waals surface area contributed by atoms with Crippen molar-refractivity contribution in [3.63, 3.8) is 0 Å². The van der Waals surface area contributed by atoms with E-state index in [2.05, 4.69) is 10.00 Å². The van der Waals surface area contributed by atoms with Crippen molar-refractivity contribution in [2.75, 3.05) is 31.1 Å². The molecule has 0 N–H and O–H groups in total. The highest BCUT2D eigenvalue weighted by atomic mass is 35.5. The van der Waals surface area contributed by atoms with E-state index in [9.17, 15) is 9.59 Å². The summed E-state index contributed by atoms with van der Waals surface area (Å²) >= 11 is 6.22. The van der Waals surface area contributed by atoms with Crippen LogP contribution in [0.15, 0.2) is 60.9 Å². The summed E-state index contributed by atoms with van der Waals surface area (Å²) < 4.78 is 1.63. The fourth-order valence-electron chi connectivity index (χ4n) is 3.46. The average molecular weight is 409 g/mol. The monoisotopic (exact) mass is 408 g/mol. The fourth-order valence-corrected chi connectivity index (χ4v) is 3.68. The van der Waals surface area contributed by atoms with Crippen LogP contribution in [0.4, 0.5) is 5.69 Å². The van der Waals surface area contributed by atoms with Gasteiger partial charge in [0.25, 0.3) is 5.91 Å². The van der Waals surface area contributed by atoms with Gasteiger partial charge in [-0.2, -0.15) is 5.10 Å². The maximum atomic E-state index is 12.9. The van der Waals surface area contributed by atoms with Crippen molar-refractivity contribution in [3.8, 4) is 5.69 Å². The van der Waals surface area contributed by atoms with Crippen LogP contribution in [0.25, 0.3) is 5.69 Å². The first-order valence-corrected chi connectivity index (χ1v) is 9.85. The SMILES string of the molecule is CC(=O)c1ccc(N2CCN(C(=O)c3cnn(-c4ccccc4Cl)c3)CC2)cc1. The Morgan fingerprint density at radius 1 is 0.931 bits per heavy atom. The zero-order chi connectivity index (χ0) is 20.4. The molecule has 1 amide bonds. The molecule has 1 aliphatic heterocycles. The highest BCUT2D eigenvalue weighted by Gasteiger charge is 2.23. The number of nitrogens with zero attached hydrogens (tertiary/aromatic N) is 4. The van der Waals surface area contributed by atoms with Crippen LogP contribution in [0.2, 0.25) is 5.02 Å². The molecule has 0 radical (unpaired) electrons. The molecule has 2 aromatic carbocycles. The normalized spacial score (nSPS) is 14.1. The summed E-state index contributed by atoms with van der Waals surface area (Å²) in [5, 5.41) is 4.88. The lowest BCUT2D eigenvalue weighted by Crippen LogP contribution is -2.48. The summed E-state index contributed by atoms with van der Waals surface area (Å²) in [6.45, 7) is 4.30. The largest absolute Gasteiger partial charge is 0.368 e. The number of ketones is 1. The molecule has 7 heteroatoms. The van der Waals surface area contributed by atoms with E-state index in [4.69, 9.17) is 11.6 Å². The number of aromatic nitrogens is 2. The maximum Gasteiger partial charge on any atom is 0.257 e. The van der Waals surface area contributed by atoms with Crippen LogP contribution >= 0.6 is 11.6 Å². The van der Waals surface area contributed by atoms with Gasteiger partial charge in [-0.15, -0.1) is 0 Å². The third-order valence-corrected chi connectivity index (χ3v) is 5.45. The molecule has 6 nitrogen and oxygen atoms in total. The summed E-state index contributed by atoms with van der Waals surface area (Å²) in [5.41, 5.74) is 3.06. The van der Waals surface area contributed by atoms with Crippen molar-refractivity contribution >= 4 is 29.0 Å². The van der Waals surface area contributed by atoms with Gasteiger partial charge in [-0.25, -0.2) is 4.68 Å². The second kappa shape index (κ2) is 8.09. The molecule has 1 aliphatic rings. The lowest BCUT2D eigenvalue weighted by molar-refractivity contribution is 0.0746. The first-order valence-electron chi connectivity index (χ1n) is 9.48. The Labute approximate surface area is 174 Å². The van der Waals surface area contributed by atoms with Gasteiger partial charge in [-0.05, 0) is 43.3 Å².